The predicted molar refractivity (Wildman–Crippen MR) is 84.9 cm³/mol. The standard InChI is InChI=1S/C17H31N3O/c1-2-3-13-8-10-20(11-9-13)12-17(16(18)21,14-4-5-14)19-15-6-7-15/h13-15,19H,2-12H2,1H3,(H2,18,21). The molecule has 1 aliphatic heterocycles. The highest BCUT2D eigenvalue weighted by Gasteiger charge is 2.52. The van der Waals surface area contributed by atoms with E-state index in [1.54, 1.807) is 0 Å². The SMILES string of the molecule is CCCC1CCN(CC(NC2CC2)(C(N)=O)C2CC2)CC1. The van der Waals surface area contributed by atoms with Crippen LogP contribution in [0.2, 0.25) is 0 Å². The molecule has 0 spiro atoms. The number of hydrogen-bond donors (Lipinski definition) is 2. The zero-order chi connectivity index (χ0) is 14.9. The van der Waals surface area contributed by atoms with Crippen LogP contribution in [0.1, 0.15) is 58.3 Å². The van der Waals surface area contributed by atoms with Crippen molar-refractivity contribution in [2.75, 3.05) is 19.6 Å². The van der Waals surface area contributed by atoms with Crippen LogP contribution in [0.4, 0.5) is 0 Å². The van der Waals surface area contributed by atoms with Crippen molar-refractivity contribution in [1.29, 1.82) is 0 Å². The van der Waals surface area contributed by atoms with Gasteiger partial charge in [-0.2, -0.15) is 0 Å². The number of hydrogen-bond acceptors (Lipinski definition) is 3. The number of primary amides is 1. The fraction of sp³-hybridized carbons (Fsp3) is 0.941. The van der Waals surface area contributed by atoms with Crippen molar-refractivity contribution in [1.82, 2.24) is 10.2 Å². The second-order valence-electron chi connectivity index (χ2n) is 7.54. The van der Waals surface area contributed by atoms with E-state index in [-0.39, 0.29) is 5.91 Å². The quantitative estimate of drug-likeness (QED) is 0.718. The zero-order valence-electron chi connectivity index (χ0n) is 13.4. The largest absolute Gasteiger partial charge is 0.368 e. The van der Waals surface area contributed by atoms with Crippen LogP contribution in [0.15, 0.2) is 0 Å². The summed E-state index contributed by atoms with van der Waals surface area (Å²) in [4.78, 5) is 14.7. The number of nitrogens with zero attached hydrogens (tertiary/aromatic N) is 1. The van der Waals surface area contributed by atoms with Crippen molar-refractivity contribution in [3.63, 3.8) is 0 Å². The molecule has 0 aromatic rings. The Morgan fingerprint density at radius 3 is 2.33 bits per heavy atom. The van der Waals surface area contributed by atoms with Gasteiger partial charge in [0.05, 0.1) is 0 Å². The maximum atomic E-state index is 12.2. The first-order valence-electron chi connectivity index (χ1n) is 8.94. The van der Waals surface area contributed by atoms with E-state index in [1.165, 1.54) is 38.5 Å². The summed E-state index contributed by atoms with van der Waals surface area (Å²) in [7, 11) is 0. The number of amides is 1. The molecule has 0 aromatic heterocycles. The lowest BCUT2D eigenvalue weighted by atomic mass is 9.88. The number of rotatable bonds is 8. The van der Waals surface area contributed by atoms with Crippen LogP contribution >= 0.6 is 0 Å². The van der Waals surface area contributed by atoms with Gasteiger partial charge in [0, 0.05) is 12.6 Å². The minimum Gasteiger partial charge on any atom is -0.368 e. The molecular formula is C17H31N3O. The Hall–Kier alpha value is -0.610. The smallest absolute Gasteiger partial charge is 0.239 e. The molecular weight excluding hydrogens is 262 g/mol. The molecule has 0 radical (unpaired) electrons. The van der Waals surface area contributed by atoms with E-state index in [2.05, 4.69) is 17.1 Å². The minimum absolute atomic E-state index is 0.118. The van der Waals surface area contributed by atoms with Crippen LogP contribution in [0.3, 0.4) is 0 Å². The Kier molecular flexibility index (Phi) is 4.55. The van der Waals surface area contributed by atoms with Gasteiger partial charge in [-0.1, -0.05) is 19.8 Å². The molecule has 1 amide bonds. The Labute approximate surface area is 128 Å². The first kappa shape index (κ1) is 15.3. The van der Waals surface area contributed by atoms with Gasteiger partial charge in [-0.3, -0.25) is 10.1 Å². The number of carbonyl (C=O) groups excluding carboxylic acids is 1. The molecule has 1 heterocycles. The number of nitrogens with two attached hydrogens (primary N) is 1. The molecule has 0 bridgehead atoms. The van der Waals surface area contributed by atoms with Crippen molar-refractivity contribution in [3.8, 4) is 0 Å². The molecule has 2 aliphatic carbocycles. The summed E-state index contributed by atoms with van der Waals surface area (Å²) in [6, 6.07) is 0.538. The number of nitrogens with one attached hydrogen (secondary N) is 1. The van der Waals surface area contributed by atoms with Crippen LogP contribution < -0.4 is 11.1 Å². The third-order valence-electron chi connectivity index (χ3n) is 5.63. The molecule has 21 heavy (non-hydrogen) atoms. The lowest BCUT2D eigenvalue weighted by Gasteiger charge is -2.40. The highest BCUT2D eigenvalue weighted by molar-refractivity contribution is 5.86. The zero-order valence-corrected chi connectivity index (χ0v) is 13.4. The van der Waals surface area contributed by atoms with Gasteiger partial charge in [0.25, 0.3) is 0 Å². The third kappa shape index (κ3) is 3.59. The van der Waals surface area contributed by atoms with E-state index in [0.29, 0.717) is 12.0 Å². The van der Waals surface area contributed by atoms with Crippen LogP contribution in [0.5, 0.6) is 0 Å². The summed E-state index contributed by atoms with van der Waals surface area (Å²) in [5.41, 5.74) is 5.41. The average Bonchev–Trinajstić information content (AvgIpc) is 3.34. The Balaban J connectivity index is 1.60. The van der Waals surface area contributed by atoms with Crippen LogP contribution in [-0.4, -0.2) is 42.0 Å². The topological polar surface area (TPSA) is 58.4 Å². The van der Waals surface area contributed by atoms with Crippen molar-refractivity contribution < 1.29 is 4.79 Å². The fourth-order valence-corrected chi connectivity index (χ4v) is 4.01. The van der Waals surface area contributed by atoms with Gasteiger partial charge in [-0.05, 0) is 63.5 Å². The van der Waals surface area contributed by atoms with Gasteiger partial charge in [0.1, 0.15) is 5.54 Å². The van der Waals surface area contributed by atoms with E-state index >= 15 is 0 Å². The van der Waals surface area contributed by atoms with Crippen molar-refractivity contribution >= 4 is 5.91 Å². The molecule has 120 valence electrons. The van der Waals surface area contributed by atoms with E-state index in [4.69, 9.17) is 5.73 Å². The van der Waals surface area contributed by atoms with Gasteiger partial charge in [0.2, 0.25) is 5.91 Å². The van der Waals surface area contributed by atoms with Gasteiger partial charge < -0.3 is 10.6 Å². The van der Waals surface area contributed by atoms with E-state index < -0.39 is 5.54 Å². The molecule has 2 saturated carbocycles. The van der Waals surface area contributed by atoms with Crippen LogP contribution in [-0.2, 0) is 4.79 Å². The molecule has 3 rings (SSSR count). The summed E-state index contributed by atoms with van der Waals surface area (Å²) >= 11 is 0. The lowest BCUT2D eigenvalue weighted by Crippen LogP contribution is -2.64. The number of piperidine rings is 1. The van der Waals surface area contributed by atoms with E-state index in [1.807, 2.05) is 0 Å². The summed E-state index contributed by atoms with van der Waals surface area (Å²) in [6.07, 6.45) is 9.97. The highest BCUT2D eigenvalue weighted by atomic mass is 16.1. The van der Waals surface area contributed by atoms with Crippen molar-refractivity contribution in [2.24, 2.45) is 17.6 Å². The fourth-order valence-electron chi connectivity index (χ4n) is 4.01. The second-order valence-corrected chi connectivity index (χ2v) is 7.54. The highest BCUT2D eigenvalue weighted by Crippen LogP contribution is 2.42. The summed E-state index contributed by atoms with van der Waals surface area (Å²) in [6.45, 7) is 5.39. The average molecular weight is 293 g/mol. The molecule has 1 atom stereocenters. The minimum atomic E-state index is -0.446. The van der Waals surface area contributed by atoms with E-state index in [9.17, 15) is 4.79 Å². The second kappa shape index (κ2) is 6.25. The van der Waals surface area contributed by atoms with Crippen LogP contribution in [0.25, 0.3) is 0 Å². The van der Waals surface area contributed by atoms with Gasteiger partial charge in [-0.15, -0.1) is 0 Å². The van der Waals surface area contributed by atoms with Gasteiger partial charge in [0.15, 0.2) is 0 Å². The van der Waals surface area contributed by atoms with Crippen molar-refractivity contribution in [2.45, 2.75) is 69.9 Å². The number of carbonyl (C=O) groups is 1. The molecule has 3 aliphatic rings. The Morgan fingerprint density at radius 2 is 1.86 bits per heavy atom. The van der Waals surface area contributed by atoms with E-state index in [0.717, 1.165) is 38.4 Å². The lowest BCUT2D eigenvalue weighted by molar-refractivity contribution is -0.126. The first-order valence-corrected chi connectivity index (χ1v) is 8.94. The maximum Gasteiger partial charge on any atom is 0.239 e. The summed E-state index contributed by atoms with van der Waals surface area (Å²) in [5.74, 6) is 1.25. The predicted octanol–water partition coefficient (Wildman–Crippen LogP) is 1.88. The third-order valence-corrected chi connectivity index (χ3v) is 5.63. The molecule has 0 aromatic carbocycles. The number of likely N-dealkylation sites (tertiary alicyclic amines) is 1. The summed E-state index contributed by atoms with van der Waals surface area (Å²) < 4.78 is 0. The molecule has 1 unspecified atom stereocenters. The Morgan fingerprint density at radius 1 is 1.19 bits per heavy atom. The summed E-state index contributed by atoms with van der Waals surface area (Å²) in [5, 5.41) is 3.63. The molecule has 1 saturated heterocycles. The molecule has 4 nitrogen and oxygen atoms in total. The molecule has 3 N–H and O–H groups in total. The Bertz CT molecular complexity index is 370. The molecule has 3 fully saturated rings. The molecule has 4 heteroatoms. The van der Waals surface area contributed by atoms with Gasteiger partial charge in [-0.25, -0.2) is 0 Å². The van der Waals surface area contributed by atoms with Crippen LogP contribution in [0, 0.1) is 11.8 Å². The first-order chi connectivity index (χ1) is 10.1. The van der Waals surface area contributed by atoms with Crippen molar-refractivity contribution in [3.05, 3.63) is 0 Å². The maximum absolute atomic E-state index is 12.2. The van der Waals surface area contributed by atoms with Gasteiger partial charge >= 0.3 is 0 Å². The monoisotopic (exact) mass is 293 g/mol. The normalized spacial score (nSPS) is 27.5.